The molecule has 1 aliphatic rings. The van der Waals surface area contributed by atoms with Crippen molar-refractivity contribution in [1.29, 1.82) is 0 Å². The number of anilines is 1. The highest BCUT2D eigenvalue weighted by atomic mass is 16.6. The molecular weight excluding hydrogens is 374 g/mol. The standard InChI is InChI=1S/C20H25N5O4/c1-14-9-15(2)12-23(11-14)20(27)17-5-3-4-6-18(17)22-19(26)7-8-24-13-16(10-21-24)25(28)29/h3-6,10,13-15H,7-9,11-12H2,1-2H3,(H,22,26). The van der Waals surface area contributed by atoms with Gasteiger partial charge in [0.25, 0.3) is 5.91 Å². The summed E-state index contributed by atoms with van der Waals surface area (Å²) in [6, 6.07) is 6.98. The SMILES string of the molecule is CC1CC(C)CN(C(=O)c2ccccc2NC(=O)CCn2cc([N+](=O)[O-])cn2)C1. The minimum atomic E-state index is -0.534. The zero-order chi connectivity index (χ0) is 21.0. The first kappa shape index (κ1) is 20.5. The Bertz CT molecular complexity index is 900. The Kier molecular flexibility index (Phi) is 6.26. The summed E-state index contributed by atoms with van der Waals surface area (Å²) >= 11 is 0. The first-order valence-electron chi connectivity index (χ1n) is 9.68. The van der Waals surface area contributed by atoms with Gasteiger partial charge in [0, 0.05) is 26.1 Å². The second-order valence-electron chi connectivity index (χ2n) is 7.72. The summed E-state index contributed by atoms with van der Waals surface area (Å²) in [6.45, 7) is 5.91. The smallest absolute Gasteiger partial charge is 0.306 e. The lowest BCUT2D eigenvalue weighted by Gasteiger charge is -2.35. The summed E-state index contributed by atoms with van der Waals surface area (Å²) < 4.78 is 1.35. The summed E-state index contributed by atoms with van der Waals surface area (Å²) in [4.78, 5) is 37.4. The van der Waals surface area contributed by atoms with Crippen LogP contribution in [0.15, 0.2) is 36.7 Å². The fourth-order valence-corrected chi connectivity index (χ4v) is 3.78. The molecule has 1 aromatic heterocycles. The van der Waals surface area contributed by atoms with E-state index < -0.39 is 4.92 Å². The molecule has 1 aliphatic heterocycles. The Balaban J connectivity index is 1.64. The van der Waals surface area contributed by atoms with Gasteiger partial charge >= 0.3 is 5.69 Å². The number of benzene rings is 1. The van der Waals surface area contributed by atoms with Gasteiger partial charge in [-0.05, 0) is 30.4 Å². The zero-order valence-corrected chi connectivity index (χ0v) is 16.6. The van der Waals surface area contributed by atoms with Gasteiger partial charge in [0.05, 0.1) is 16.2 Å². The van der Waals surface area contributed by atoms with Crippen LogP contribution < -0.4 is 5.32 Å². The van der Waals surface area contributed by atoms with Crippen molar-refractivity contribution < 1.29 is 14.5 Å². The Labute approximate surface area is 168 Å². The zero-order valence-electron chi connectivity index (χ0n) is 16.6. The predicted octanol–water partition coefficient (Wildman–Crippen LogP) is 2.94. The molecule has 2 heterocycles. The first-order valence-corrected chi connectivity index (χ1v) is 9.68. The molecule has 0 saturated carbocycles. The maximum absolute atomic E-state index is 13.0. The molecule has 0 aliphatic carbocycles. The van der Waals surface area contributed by atoms with Gasteiger partial charge in [-0.2, -0.15) is 5.10 Å². The van der Waals surface area contributed by atoms with Crippen molar-refractivity contribution >= 4 is 23.2 Å². The molecule has 0 spiro atoms. The number of nitrogens with one attached hydrogen (secondary N) is 1. The number of aromatic nitrogens is 2. The molecular formula is C20H25N5O4. The number of piperidine rings is 1. The Hall–Kier alpha value is -3.23. The third-order valence-electron chi connectivity index (χ3n) is 4.99. The van der Waals surface area contributed by atoms with E-state index in [-0.39, 0.29) is 30.5 Å². The number of amides is 2. The molecule has 3 rings (SSSR count). The third kappa shape index (κ3) is 5.18. The fraction of sp³-hybridized carbons (Fsp3) is 0.450. The summed E-state index contributed by atoms with van der Waals surface area (Å²) in [7, 11) is 0. The van der Waals surface area contributed by atoms with Crippen LogP contribution in [-0.2, 0) is 11.3 Å². The van der Waals surface area contributed by atoms with Crippen molar-refractivity contribution in [3.63, 3.8) is 0 Å². The number of nitro groups is 1. The molecule has 2 aromatic rings. The largest absolute Gasteiger partial charge is 0.338 e. The van der Waals surface area contributed by atoms with Crippen molar-refractivity contribution in [3.8, 4) is 0 Å². The van der Waals surface area contributed by atoms with E-state index in [0.717, 1.165) is 12.6 Å². The summed E-state index contributed by atoms with van der Waals surface area (Å²) in [5, 5.41) is 17.4. The van der Waals surface area contributed by atoms with Gasteiger partial charge in [-0.3, -0.25) is 24.4 Å². The van der Waals surface area contributed by atoms with E-state index in [1.165, 1.54) is 10.9 Å². The van der Waals surface area contributed by atoms with Crippen LogP contribution in [0.4, 0.5) is 11.4 Å². The quantitative estimate of drug-likeness (QED) is 0.593. The minimum absolute atomic E-state index is 0.0815. The van der Waals surface area contributed by atoms with E-state index in [0.29, 0.717) is 36.2 Å². The van der Waals surface area contributed by atoms with Crippen LogP contribution in [0.1, 0.15) is 37.0 Å². The number of rotatable bonds is 6. The van der Waals surface area contributed by atoms with Gasteiger partial charge in [-0.25, -0.2) is 0 Å². The Morgan fingerprint density at radius 3 is 2.59 bits per heavy atom. The number of nitrogens with zero attached hydrogens (tertiary/aromatic N) is 4. The van der Waals surface area contributed by atoms with E-state index in [2.05, 4.69) is 24.3 Å². The molecule has 9 heteroatoms. The van der Waals surface area contributed by atoms with Crippen LogP contribution >= 0.6 is 0 Å². The summed E-state index contributed by atoms with van der Waals surface area (Å²) in [5.41, 5.74) is 0.822. The monoisotopic (exact) mass is 399 g/mol. The average Bonchev–Trinajstić information content (AvgIpc) is 3.15. The molecule has 0 radical (unpaired) electrons. The highest BCUT2D eigenvalue weighted by Gasteiger charge is 2.27. The number of hydrogen-bond donors (Lipinski definition) is 1. The highest BCUT2D eigenvalue weighted by molar-refractivity contribution is 6.03. The maximum atomic E-state index is 13.0. The van der Waals surface area contributed by atoms with Crippen molar-refractivity contribution in [2.24, 2.45) is 11.8 Å². The van der Waals surface area contributed by atoms with E-state index in [1.54, 1.807) is 24.3 Å². The van der Waals surface area contributed by atoms with Gasteiger partial charge in [0.1, 0.15) is 12.4 Å². The first-order chi connectivity index (χ1) is 13.8. The number of para-hydroxylation sites is 1. The predicted molar refractivity (Wildman–Crippen MR) is 107 cm³/mol. The van der Waals surface area contributed by atoms with Crippen LogP contribution in [0.25, 0.3) is 0 Å². The van der Waals surface area contributed by atoms with Gasteiger partial charge in [0.2, 0.25) is 5.91 Å². The fourth-order valence-electron chi connectivity index (χ4n) is 3.78. The maximum Gasteiger partial charge on any atom is 0.306 e. The van der Waals surface area contributed by atoms with Gasteiger partial charge in [-0.15, -0.1) is 0 Å². The van der Waals surface area contributed by atoms with Crippen LogP contribution in [0.5, 0.6) is 0 Å². The highest BCUT2D eigenvalue weighted by Crippen LogP contribution is 2.25. The molecule has 2 atom stereocenters. The second kappa shape index (κ2) is 8.85. The normalized spacial score (nSPS) is 19.0. The number of carbonyl (C=O) groups excluding carboxylic acids is 2. The van der Waals surface area contributed by atoms with Gasteiger partial charge in [0.15, 0.2) is 0 Å². The minimum Gasteiger partial charge on any atom is -0.338 e. The van der Waals surface area contributed by atoms with Gasteiger partial charge in [-0.1, -0.05) is 26.0 Å². The number of carbonyl (C=O) groups is 2. The lowest BCUT2D eigenvalue weighted by Crippen LogP contribution is -2.42. The summed E-state index contributed by atoms with van der Waals surface area (Å²) in [6.07, 6.45) is 3.61. The van der Waals surface area contributed by atoms with Crippen LogP contribution in [-0.4, -0.2) is 44.5 Å². The molecule has 0 bridgehead atoms. The molecule has 1 aromatic carbocycles. The molecule has 2 unspecified atom stereocenters. The van der Waals surface area contributed by atoms with Crippen LogP contribution in [0.2, 0.25) is 0 Å². The van der Waals surface area contributed by atoms with E-state index in [9.17, 15) is 19.7 Å². The Morgan fingerprint density at radius 1 is 1.24 bits per heavy atom. The topological polar surface area (TPSA) is 110 Å². The van der Waals surface area contributed by atoms with Crippen molar-refractivity contribution in [3.05, 3.63) is 52.3 Å². The second-order valence-corrected chi connectivity index (χ2v) is 7.72. The number of hydrogen-bond acceptors (Lipinski definition) is 5. The molecule has 29 heavy (non-hydrogen) atoms. The molecule has 1 saturated heterocycles. The molecule has 9 nitrogen and oxygen atoms in total. The summed E-state index contributed by atoms with van der Waals surface area (Å²) in [5.74, 6) is 0.524. The molecule has 1 N–H and O–H groups in total. The lowest BCUT2D eigenvalue weighted by atomic mass is 9.91. The average molecular weight is 399 g/mol. The molecule has 1 fully saturated rings. The lowest BCUT2D eigenvalue weighted by molar-refractivity contribution is -0.385. The Morgan fingerprint density at radius 2 is 1.93 bits per heavy atom. The van der Waals surface area contributed by atoms with Crippen molar-refractivity contribution in [2.45, 2.75) is 33.2 Å². The van der Waals surface area contributed by atoms with Crippen LogP contribution in [0.3, 0.4) is 0 Å². The van der Waals surface area contributed by atoms with E-state index >= 15 is 0 Å². The van der Waals surface area contributed by atoms with Crippen LogP contribution in [0, 0.1) is 22.0 Å². The van der Waals surface area contributed by atoms with Crippen molar-refractivity contribution in [2.75, 3.05) is 18.4 Å². The molecule has 154 valence electrons. The van der Waals surface area contributed by atoms with Gasteiger partial charge < -0.3 is 10.2 Å². The third-order valence-corrected chi connectivity index (χ3v) is 4.99. The van der Waals surface area contributed by atoms with E-state index in [4.69, 9.17) is 0 Å². The molecule has 2 amide bonds. The van der Waals surface area contributed by atoms with E-state index in [1.807, 2.05) is 4.90 Å². The number of likely N-dealkylation sites (tertiary alicyclic amines) is 1. The number of aryl methyl sites for hydroxylation is 1. The van der Waals surface area contributed by atoms with Crippen molar-refractivity contribution in [1.82, 2.24) is 14.7 Å².